The van der Waals surface area contributed by atoms with Crippen molar-refractivity contribution in [1.29, 1.82) is 0 Å². The van der Waals surface area contributed by atoms with Crippen LogP contribution in [0.1, 0.15) is 47.6 Å². The Labute approximate surface area is 161 Å². The van der Waals surface area contributed by atoms with Crippen molar-refractivity contribution in [2.24, 2.45) is 0 Å². The lowest BCUT2D eigenvalue weighted by Crippen LogP contribution is -2.31. The molecule has 0 fully saturated rings. The van der Waals surface area contributed by atoms with Crippen molar-refractivity contribution in [3.8, 4) is 5.75 Å². The second kappa shape index (κ2) is 8.95. The molecule has 0 spiro atoms. The van der Waals surface area contributed by atoms with E-state index in [-0.39, 0.29) is 24.4 Å². The highest BCUT2D eigenvalue weighted by atomic mass is 35.5. The Morgan fingerprint density at radius 2 is 2.08 bits per heavy atom. The summed E-state index contributed by atoms with van der Waals surface area (Å²) in [6, 6.07) is 12.0. The molecule has 0 radical (unpaired) electrons. The van der Waals surface area contributed by atoms with Crippen molar-refractivity contribution in [2.75, 3.05) is 12.3 Å². The molecule has 1 atom stereocenters. The number of hydrogen-bond donors (Lipinski definition) is 2. The number of nitrogens with two attached hydrogens (primary N) is 1. The van der Waals surface area contributed by atoms with Gasteiger partial charge >= 0.3 is 0 Å². The summed E-state index contributed by atoms with van der Waals surface area (Å²) in [5.41, 5.74) is 11.4. The monoisotopic (exact) mass is 374 g/mol. The zero-order chi connectivity index (χ0) is 17.8. The van der Waals surface area contributed by atoms with E-state index in [0.717, 1.165) is 36.3 Å². The Balaban J connectivity index is 0.00000243. The smallest absolute Gasteiger partial charge is 0.223 e. The third-order valence-electron chi connectivity index (χ3n) is 4.96. The van der Waals surface area contributed by atoms with Gasteiger partial charge in [0.05, 0.1) is 19.1 Å². The number of ether oxygens (including phenoxy) is 1. The molecule has 0 saturated heterocycles. The standard InChI is InChI=1S/C21H26N2O2.ClH/c1-14-5-3-8-20(15(14)2)25-12-11-21(24)23-19-7-4-6-16-13-17(22)9-10-18(16)19;/h3,5,8-10,13,19H,4,6-7,11-12,22H2,1-2H3,(H,23,24);1H. The summed E-state index contributed by atoms with van der Waals surface area (Å²) in [5.74, 6) is 0.881. The quantitative estimate of drug-likeness (QED) is 0.768. The van der Waals surface area contributed by atoms with E-state index < -0.39 is 0 Å². The van der Waals surface area contributed by atoms with Gasteiger partial charge in [-0.3, -0.25) is 4.79 Å². The Kier molecular flexibility index (Phi) is 6.92. The Hall–Kier alpha value is -2.20. The Bertz CT molecular complexity index is 777. The van der Waals surface area contributed by atoms with E-state index in [9.17, 15) is 4.79 Å². The molecule has 26 heavy (non-hydrogen) atoms. The van der Waals surface area contributed by atoms with E-state index in [1.54, 1.807) is 0 Å². The number of carbonyl (C=O) groups is 1. The van der Waals surface area contributed by atoms with E-state index >= 15 is 0 Å². The fourth-order valence-electron chi connectivity index (χ4n) is 3.38. The molecule has 0 aliphatic heterocycles. The predicted octanol–water partition coefficient (Wildman–Crippen LogP) is 4.27. The number of hydrogen-bond acceptors (Lipinski definition) is 3. The fourth-order valence-corrected chi connectivity index (χ4v) is 3.38. The molecule has 1 amide bonds. The van der Waals surface area contributed by atoms with Crippen LogP contribution in [0.5, 0.6) is 5.75 Å². The molecule has 4 nitrogen and oxygen atoms in total. The molecule has 2 aromatic carbocycles. The van der Waals surface area contributed by atoms with Crippen LogP contribution in [0.3, 0.4) is 0 Å². The topological polar surface area (TPSA) is 64.3 Å². The number of halogens is 1. The Morgan fingerprint density at radius 1 is 1.27 bits per heavy atom. The van der Waals surface area contributed by atoms with Gasteiger partial charge in [-0.1, -0.05) is 18.2 Å². The van der Waals surface area contributed by atoms with Gasteiger partial charge in [0, 0.05) is 5.69 Å². The first kappa shape index (κ1) is 20.1. The number of rotatable bonds is 5. The lowest BCUT2D eigenvalue weighted by Gasteiger charge is -2.26. The van der Waals surface area contributed by atoms with Gasteiger partial charge < -0.3 is 15.8 Å². The van der Waals surface area contributed by atoms with Crippen LogP contribution in [-0.4, -0.2) is 12.5 Å². The first-order valence-corrected chi connectivity index (χ1v) is 8.91. The van der Waals surface area contributed by atoms with Crippen molar-refractivity contribution < 1.29 is 9.53 Å². The van der Waals surface area contributed by atoms with Gasteiger partial charge in [-0.2, -0.15) is 0 Å². The minimum atomic E-state index is 0. The summed E-state index contributed by atoms with van der Waals surface area (Å²) >= 11 is 0. The minimum absolute atomic E-state index is 0. The number of nitrogen functional groups attached to an aromatic ring is 1. The molecule has 0 heterocycles. The Morgan fingerprint density at radius 3 is 2.88 bits per heavy atom. The summed E-state index contributed by atoms with van der Waals surface area (Å²) in [6.45, 7) is 4.48. The largest absolute Gasteiger partial charge is 0.493 e. The molecule has 3 N–H and O–H groups in total. The van der Waals surface area contributed by atoms with E-state index in [2.05, 4.69) is 18.3 Å². The van der Waals surface area contributed by atoms with Gasteiger partial charge in [0.2, 0.25) is 5.91 Å². The number of amides is 1. The molecule has 1 aliphatic carbocycles. The molecule has 3 rings (SSSR count). The van der Waals surface area contributed by atoms with Crippen LogP contribution in [0.25, 0.3) is 0 Å². The summed E-state index contributed by atoms with van der Waals surface area (Å²) in [5, 5.41) is 3.15. The van der Waals surface area contributed by atoms with Crippen molar-refractivity contribution in [3.05, 3.63) is 58.7 Å². The van der Waals surface area contributed by atoms with Crippen LogP contribution in [0, 0.1) is 13.8 Å². The lowest BCUT2D eigenvalue weighted by atomic mass is 9.87. The van der Waals surface area contributed by atoms with E-state index in [1.807, 2.05) is 37.3 Å². The fraction of sp³-hybridized carbons (Fsp3) is 0.381. The van der Waals surface area contributed by atoms with Gasteiger partial charge in [-0.25, -0.2) is 0 Å². The number of aryl methyl sites for hydroxylation is 2. The second-order valence-electron chi connectivity index (χ2n) is 6.77. The first-order valence-electron chi connectivity index (χ1n) is 8.91. The molecule has 0 aromatic heterocycles. The third-order valence-corrected chi connectivity index (χ3v) is 4.96. The normalized spacial score (nSPS) is 15.5. The van der Waals surface area contributed by atoms with Crippen molar-refractivity contribution in [2.45, 2.75) is 45.6 Å². The number of carbonyl (C=O) groups excluding carboxylic acids is 1. The summed E-state index contributed by atoms with van der Waals surface area (Å²) in [7, 11) is 0. The number of anilines is 1. The van der Waals surface area contributed by atoms with Crippen LogP contribution >= 0.6 is 12.4 Å². The van der Waals surface area contributed by atoms with Gasteiger partial charge in [-0.05, 0) is 73.6 Å². The molecular weight excluding hydrogens is 348 g/mol. The van der Waals surface area contributed by atoms with Gasteiger partial charge in [0.1, 0.15) is 5.75 Å². The molecule has 2 aromatic rings. The lowest BCUT2D eigenvalue weighted by molar-refractivity contribution is -0.122. The van der Waals surface area contributed by atoms with E-state index in [4.69, 9.17) is 10.5 Å². The van der Waals surface area contributed by atoms with Crippen molar-refractivity contribution >= 4 is 24.0 Å². The van der Waals surface area contributed by atoms with Crippen LogP contribution in [0.2, 0.25) is 0 Å². The zero-order valence-corrected chi connectivity index (χ0v) is 16.2. The summed E-state index contributed by atoms with van der Waals surface area (Å²) in [6.07, 6.45) is 3.43. The van der Waals surface area contributed by atoms with Crippen LogP contribution in [0.15, 0.2) is 36.4 Å². The van der Waals surface area contributed by atoms with Crippen LogP contribution < -0.4 is 15.8 Å². The summed E-state index contributed by atoms with van der Waals surface area (Å²) < 4.78 is 5.79. The molecule has 1 unspecified atom stereocenters. The summed E-state index contributed by atoms with van der Waals surface area (Å²) in [4.78, 5) is 12.3. The molecule has 1 aliphatic rings. The van der Waals surface area contributed by atoms with Crippen LogP contribution in [-0.2, 0) is 11.2 Å². The zero-order valence-electron chi connectivity index (χ0n) is 15.4. The van der Waals surface area contributed by atoms with E-state index in [0.29, 0.717) is 13.0 Å². The van der Waals surface area contributed by atoms with Crippen LogP contribution in [0.4, 0.5) is 5.69 Å². The van der Waals surface area contributed by atoms with Gasteiger partial charge in [0.25, 0.3) is 0 Å². The predicted molar refractivity (Wildman–Crippen MR) is 108 cm³/mol. The number of fused-ring (bicyclic) bond motifs is 1. The highest BCUT2D eigenvalue weighted by Gasteiger charge is 2.21. The molecule has 0 saturated carbocycles. The van der Waals surface area contributed by atoms with Crippen molar-refractivity contribution in [3.63, 3.8) is 0 Å². The van der Waals surface area contributed by atoms with Gasteiger partial charge in [0.15, 0.2) is 0 Å². The number of nitrogens with one attached hydrogen (secondary N) is 1. The third kappa shape index (κ3) is 4.70. The molecule has 5 heteroatoms. The second-order valence-corrected chi connectivity index (χ2v) is 6.77. The molecular formula is C21H27ClN2O2. The number of benzene rings is 2. The molecule has 140 valence electrons. The maximum Gasteiger partial charge on any atom is 0.223 e. The van der Waals surface area contributed by atoms with Gasteiger partial charge in [-0.15, -0.1) is 12.4 Å². The highest BCUT2D eigenvalue weighted by Crippen LogP contribution is 2.31. The maximum atomic E-state index is 12.3. The van der Waals surface area contributed by atoms with Crippen molar-refractivity contribution in [1.82, 2.24) is 5.32 Å². The highest BCUT2D eigenvalue weighted by molar-refractivity contribution is 5.85. The first-order chi connectivity index (χ1) is 12.0. The molecule has 0 bridgehead atoms. The van der Waals surface area contributed by atoms with E-state index in [1.165, 1.54) is 16.7 Å². The SMILES string of the molecule is Cc1cccc(OCCC(=O)NC2CCCc3cc(N)ccc32)c1C.Cl. The maximum absolute atomic E-state index is 12.3. The average molecular weight is 375 g/mol. The average Bonchev–Trinajstić information content (AvgIpc) is 2.58. The minimum Gasteiger partial charge on any atom is -0.493 e.